The van der Waals surface area contributed by atoms with Crippen LogP contribution in [0.5, 0.6) is 0 Å². The Labute approximate surface area is 92.5 Å². The fourth-order valence-corrected chi connectivity index (χ4v) is 1.65. The summed E-state index contributed by atoms with van der Waals surface area (Å²) in [5, 5.41) is 0.0231. The van der Waals surface area contributed by atoms with Crippen molar-refractivity contribution in [2.45, 2.75) is 4.90 Å². The normalized spacial score (nSPS) is 10.5. The Morgan fingerprint density at radius 3 is 2.08 bits per heavy atom. The lowest BCUT2D eigenvalue weighted by atomic mass is 10.4. The van der Waals surface area contributed by atoms with Crippen LogP contribution in [0.2, 0.25) is 5.02 Å². The molecule has 0 aromatic heterocycles. The lowest BCUT2D eigenvalue weighted by molar-refractivity contribution is 0.483. The van der Waals surface area contributed by atoms with E-state index in [0.717, 1.165) is 0 Å². The van der Waals surface area contributed by atoms with Crippen LogP contribution in [0.15, 0.2) is 29.2 Å². The maximum absolute atomic E-state index is 10.5. The van der Waals surface area contributed by atoms with E-state index in [2.05, 4.69) is 0 Å². The van der Waals surface area contributed by atoms with Gasteiger partial charge in [0.1, 0.15) is 4.90 Å². The quantitative estimate of drug-likeness (QED) is 0.637. The van der Waals surface area contributed by atoms with Crippen molar-refractivity contribution in [2.75, 3.05) is 0 Å². The average Bonchev–Trinajstić information content (AvgIpc) is 1.86. The van der Waals surface area contributed by atoms with E-state index >= 15 is 0 Å². The number of hydrogen-bond donors (Lipinski definition) is 1. The van der Waals surface area contributed by atoms with Crippen LogP contribution in [0.25, 0.3) is 0 Å². The van der Waals surface area contributed by atoms with E-state index in [1.54, 1.807) is 6.07 Å². The Balaban J connectivity index is 0.00000121. The van der Waals surface area contributed by atoms with E-state index in [0.29, 0.717) is 0 Å². The minimum atomic E-state index is -4.17. The monoisotopic (exact) mass is 320 g/mol. The molecule has 0 atom stereocenters. The van der Waals surface area contributed by atoms with Gasteiger partial charge in [-0.15, -0.1) is 24.0 Å². The molecule has 0 saturated carbocycles. The molecule has 6 heteroatoms. The van der Waals surface area contributed by atoms with Crippen molar-refractivity contribution in [3.05, 3.63) is 29.3 Å². The highest BCUT2D eigenvalue weighted by Crippen LogP contribution is 2.19. The first-order valence-electron chi connectivity index (χ1n) is 2.74. The van der Waals surface area contributed by atoms with Crippen LogP contribution in [0.1, 0.15) is 0 Å². The molecule has 12 heavy (non-hydrogen) atoms. The molecule has 0 fully saturated rings. The highest BCUT2D eigenvalue weighted by Gasteiger charge is 2.12. The maximum Gasteiger partial charge on any atom is 0.296 e. The number of benzene rings is 1. The van der Waals surface area contributed by atoms with Gasteiger partial charge >= 0.3 is 0 Å². The van der Waals surface area contributed by atoms with Crippen LogP contribution < -0.4 is 0 Å². The summed E-state index contributed by atoms with van der Waals surface area (Å²) >= 11 is 5.47. The Morgan fingerprint density at radius 1 is 1.25 bits per heavy atom. The molecule has 0 aliphatic heterocycles. The summed E-state index contributed by atoms with van der Waals surface area (Å²) in [6.07, 6.45) is 0. The summed E-state index contributed by atoms with van der Waals surface area (Å²) in [5.74, 6) is 0. The molecule has 1 aromatic carbocycles. The van der Waals surface area contributed by atoms with Gasteiger partial charge in [0, 0.05) is 0 Å². The first kappa shape index (κ1) is 12.2. The van der Waals surface area contributed by atoms with Crippen molar-refractivity contribution in [2.24, 2.45) is 0 Å². The van der Waals surface area contributed by atoms with Gasteiger partial charge in [-0.25, -0.2) is 0 Å². The molecular weight excluding hydrogens is 314 g/mol. The lowest BCUT2D eigenvalue weighted by Gasteiger charge is -1.97. The van der Waals surface area contributed by atoms with E-state index in [4.69, 9.17) is 16.2 Å². The predicted molar refractivity (Wildman–Crippen MR) is 56.7 cm³/mol. The topological polar surface area (TPSA) is 54.4 Å². The molecule has 68 valence electrons. The fraction of sp³-hybridized carbons (Fsp3) is 0. The Kier molecular flexibility index (Phi) is 4.46. The van der Waals surface area contributed by atoms with Crippen molar-refractivity contribution in [1.29, 1.82) is 0 Å². The molecule has 0 radical (unpaired) electrons. The summed E-state index contributed by atoms with van der Waals surface area (Å²) in [6, 6.07) is 5.69. The van der Waals surface area contributed by atoms with E-state index in [1.807, 2.05) is 0 Å². The molecule has 0 aliphatic carbocycles. The summed E-state index contributed by atoms with van der Waals surface area (Å²) in [7, 11) is -4.17. The third-order valence-corrected chi connectivity index (χ3v) is 2.47. The Bertz CT molecular complexity index is 363. The molecule has 0 bridgehead atoms. The van der Waals surface area contributed by atoms with Gasteiger partial charge in [0.05, 0.1) is 5.02 Å². The van der Waals surface area contributed by atoms with Crippen molar-refractivity contribution < 1.29 is 13.0 Å². The second-order valence-corrected chi connectivity index (χ2v) is 3.70. The Hall–Kier alpha value is 0.150. The molecule has 0 aliphatic rings. The summed E-state index contributed by atoms with van der Waals surface area (Å²) in [6.45, 7) is 0. The van der Waals surface area contributed by atoms with Crippen LogP contribution >= 0.6 is 35.6 Å². The van der Waals surface area contributed by atoms with Crippen molar-refractivity contribution in [3.8, 4) is 0 Å². The van der Waals surface area contributed by atoms with E-state index in [-0.39, 0.29) is 33.9 Å². The molecule has 1 N–H and O–H groups in total. The molecule has 0 saturated heterocycles. The lowest BCUT2D eigenvalue weighted by Crippen LogP contribution is -1.97. The molecule has 0 amide bonds. The SMILES string of the molecule is I.O=S(=O)(O)c1ccccc1Cl. The van der Waals surface area contributed by atoms with Crippen LogP contribution in [0.3, 0.4) is 0 Å². The van der Waals surface area contributed by atoms with E-state index < -0.39 is 10.1 Å². The first-order valence-corrected chi connectivity index (χ1v) is 4.55. The Morgan fingerprint density at radius 2 is 1.75 bits per heavy atom. The van der Waals surface area contributed by atoms with Crippen LogP contribution in [0.4, 0.5) is 0 Å². The van der Waals surface area contributed by atoms with Crippen LogP contribution in [-0.4, -0.2) is 13.0 Å². The van der Waals surface area contributed by atoms with Gasteiger partial charge in [-0.05, 0) is 12.1 Å². The van der Waals surface area contributed by atoms with Gasteiger partial charge in [0.25, 0.3) is 10.1 Å². The van der Waals surface area contributed by atoms with Gasteiger partial charge in [0.2, 0.25) is 0 Å². The molecule has 0 spiro atoms. The molecule has 0 heterocycles. The van der Waals surface area contributed by atoms with Gasteiger partial charge < -0.3 is 0 Å². The van der Waals surface area contributed by atoms with Gasteiger partial charge in [-0.3, -0.25) is 4.55 Å². The van der Waals surface area contributed by atoms with Crippen molar-refractivity contribution >= 4 is 45.7 Å². The molecule has 0 unspecified atom stereocenters. The van der Waals surface area contributed by atoms with Crippen molar-refractivity contribution in [3.63, 3.8) is 0 Å². The molecule has 3 nitrogen and oxygen atoms in total. The van der Waals surface area contributed by atoms with E-state index in [9.17, 15) is 8.42 Å². The van der Waals surface area contributed by atoms with E-state index in [1.165, 1.54) is 18.2 Å². The number of hydrogen-bond acceptors (Lipinski definition) is 2. The van der Waals surface area contributed by atoms with Crippen molar-refractivity contribution in [1.82, 2.24) is 0 Å². The molecule has 1 aromatic rings. The zero-order valence-corrected chi connectivity index (χ0v) is 9.67. The zero-order valence-electron chi connectivity index (χ0n) is 5.77. The summed E-state index contributed by atoms with van der Waals surface area (Å²) < 4.78 is 29.6. The second kappa shape index (κ2) is 4.40. The largest absolute Gasteiger partial charge is 0.296 e. The molecular formula is C6H6ClIO3S. The minimum Gasteiger partial charge on any atom is -0.282 e. The summed E-state index contributed by atoms with van der Waals surface area (Å²) in [5.41, 5.74) is 0. The average molecular weight is 321 g/mol. The third-order valence-electron chi connectivity index (χ3n) is 1.11. The standard InChI is InChI=1S/C6H5ClO3S.HI/c7-5-3-1-2-4-6(5)11(8,9)10;/h1-4H,(H,8,9,10);1H. The molecule has 1 rings (SSSR count). The minimum absolute atomic E-state index is 0. The smallest absolute Gasteiger partial charge is 0.282 e. The maximum atomic E-state index is 10.5. The van der Waals surface area contributed by atoms with Gasteiger partial charge in [-0.2, -0.15) is 8.42 Å². The second-order valence-electron chi connectivity index (χ2n) is 1.91. The summed E-state index contributed by atoms with van der Waals surface area (Å²) in [4.78, 5) is -0.262. The third kappa shape index (κ3) is 2.89. The zero-order chi connectivity index (χ0) is 8.48. The highest BCUT2D eigenvalue weighted by atomic mass is 127. The predicted octanol–water partition coefficient (Wildman–Crippen LogP) is 2.20. The van der Waals surface area contributed by atoms with Crippen LogP contribution in [-0.2, 0) is 10.1 Å². The number of halogens is 2. The van der Waals surface area contributed by atoms with Crippen LogP contribution in [0, 0.1) is 0 Å². The first-order chi connectivity index (χ1) is 5.02. The number of rotatable bonds is 1. The van der Waals surface area contributed by atoms with Gasteiger partial charge in [-0.1, -0.05) is 23.7 Å². The highest BCUT2D eigenvalue weighted by molar-refractivity contribution is 14.0. The fourth-order valence-electron chi connectivity index (χ4n) is 0.654. The van der Waals surface area contributed by atoms with Gasteiger partial charge in [0.15, 0.2) is 0 Å².